The second-order valence-electron chi connectivity index (χ2n) is 8.33. The van der Waals surface area contributed by atoms with Crippen molar-refractivity contribution in [1.82, 2.24) is 0 Å². The van der Waals surface area contributed by atoms with Gasteiger partial charge in [0.2, 0.25) is 0 Å². The van der Waals surface area contributed by atoms with E-state index in [4.69, 9.17) is 14.6 Å². The van der Waals surface area contributed by atoms with Crippen molar-refractivity contribution in [2.24, 2.45) is 17.8 Å². The SMILES string of the molecule is CCC(=O)O[C@@H]1C[C@@H]2Cc3c(cccc3OCC(=O)O)C[C@@H]2[C@H]1CC[C@@H](O)CC. The molecule has 0 aromatic heterocycles. The molecule has 0 bridgehead atoms. The number of carbonyl (C=O) groups is 2. The van der Waals surface area contributed by atoms with Crippen molar-refractivity contribution in [2.75, 3.05) is 6.61 Å². The normalized spacial score (nSPS) is 26.3. The first-order valence-corrected chi connectivity index (χ1v) is 10.8. The van der Waals surface area contributed by atoms with E-state index in [1.54, 1.807) is 0 Å². The van der Waals surface area contributed by atoms with Gasteiger partial charge in [-0.2, -0.15) is 0 Å². The number of ether oxygens (including phenoxy) is 2. The maximum Gasteiger partial charge on any atom is 0.341 e. The van der Waals surface area contributed by atoms with Crippen LogP contribution in [0.5, 0.6) is 5.75 Å². The molecule has 0 spiro atoms. The third kappa shape index (κ3) is 5.10. The van der Waals surface area contributed by atoms with Gasteiger partial charge in [0.25, 0.3) is 0 Å². The van der Waals surface area contributed by atoms with Crippen molar-refractivity contribution in [3.8, 4) is 5.75 Å². The molecule has 2 aliphatic carbocycles. The molecule has 5 atom stereocenters. The van der Waals surface area contributed by atoms with Crippen LogP contribution in [0.25, 0.3) is 0 Å². The first kappa shape index (κ1) is 21.6. The van der Waals surface area contributed by atoms with Crippen molar-refractivity contribution in [3.63, 3.8) is 0 Å². The van der Waals surface area contributed by atoms with Crippen molar-refractivity contribution in [2.45, 2.75) is 71.0 Å². The summed E-state index contributed by atoms with van der Waals surface area (Å²) in [6.45, 7) is 3.44. The Morgan fingerprint density at radius 2 is 2.03 bits per heavy atom. The van der Waals surface area contributed by atoms with Crippen molar-refractivity contribution in [1.29, 1.82) is 0 Å². The quantitative estimate of drug-likeness (QED) is 0.613. The van der Waals surface area contributed by atoms with E-state index >= 15 is 0 Å². The Morgan fingerprint density at radius 1 is 1.24 bits per heavy atom. The molecule has 1 aromatic carbocycles. The van der Waals surface area contributed by atoms with Gasteiger partial charge in [-0.25, -0.2) is 4.79 Å². The summed E-state index contributed by atoms with van der Waals surface area (Å²) in [6, 6.07) is 5.83. The van der Waals surface area contributed by atoms with Crippen molar-refractivity contribution >= 4 is 11.9 Å². The number of aliphatic hydroxyl groups excluding tert-OH is 1. The second kappa shape index (κ2) is 9.61. The summed E-state index contributed by atoms with van der Waals surface area (Å²) in [5.74, 6) is 0.506. The Kier molecular flexibility index (Phi) is 7.17. The molecule has 160 valence electrons. The van der Waals surface area contributed by atoms with Crippen molar-refractivity contribution < 1.29 is 29.3 Å². The summed E-state index contributed by atoms with van der Waals surface area (Å²) in [6.07, 6.45) is 4.73. The fraction of sp³-hybridized carbons (Fsp3) is 0.652. The minimum absolute atomic E-state index is 0.112. The average Bonchev–Trinajstić information content (AvgIpc) is 3.04. The fourth-order valence-corrected chi connectivity index (χ4v) is 5.03. The summed E-state index contributed by atoms with van der Waals surface area (Å²) in [7, 11) is 0. The molecule has 1 fully saturated rings. The van der Waals surface area contributed by atoms with Crippen LogP contribution in [0, 0.1) is 17.8 Å². The van der Waals surface area contributed by atoms with E-state index < -0.39 is 5.97 Å². The molecule has 2 N–H and O–H groups in total. The van der Waals surface area contributed by atoms with Crippen LogP contribution in [0.4, 0.5) is 0 Å². The van der Waals surface area contributed by atoms with Gasteiger partial charge in [-0.3, -0.25) is 4.79 Å². The van der Waals surface area contributed by atoms with Gasteiger partial charge >= 0.3 is 11.9 Å². The highest BCUT2D eigenvalue weighted by molar-refractivity contribution is 5.69. The summed E-state index contributed by atoms with van der Waals surface area (Å²) in [5.41, 5.74) is 2.28. The zero-order valence-corrected chi connectivity index (χ0v) is 17.3. The van der Waals surface area contributed by atoms with E-state index in [1.165, 1.54) is 5.56 Å². The zero-order chi connectivity index (χ0) is 21.0. The number of fused-ring (bicyclic) bond motifs is 2. The molecule has 0 amide bonds. The molecule has 3 rings (SSSR count). The van der Waals surface area contributed by atoms with Gasteiger partial charge in [0.05, 0.1) is 6.10 Å². The predicted molar refractivity (Wildman–Crippen MR) is 108 cm³/mol. The summed E-state index contributed by atoms with van der Waals surface area (Å²) < 4.78 is 11.3. The van der Waals surface area contributed by atoms with Crippen LogP contribution in [0.2, 0.25) is 0 Å². The standard InChI is InChI=1S/C23H32O6/c1-3-16(24)8-9-17-18-10-14-6-5-7-20(28-13-22(25)26)19(14)11-15(18)12-21(17)29-23(27)4-2/h5-7,15-18,21,24H,3-4,8-13H2,1-2H3,(H,25,26)/t15-,16-,17+,18-,21+/m0/s1. The number of esters is 1. The van der Waals surface area contributed by atoms with E-state index in [-0.39, 0.29) is 30.7 Å². The van der Waals surface area contributed by atoms with E-state index in [0.29, 0.717) is 24.0 Å². The molecule has 0 heterocycles. The number of carboxylic acid groups (broad SMARTS) is 1. The summed E-state index contributed by atoms with van der Waals surface area (Å²) >= 11 is 0. The Hall–Kier alpha value is -2.08. The number of carboxylic acids is 1. The van der Waals surface area contributed by atoms with Crippen LogP contribution in [-0.2, 0) is 27.2 Å². The minimum Gasteiger partial charge on any atom is -0.482 e. The molecule has 6 nitrogen and oxygen atoms in total. The highest BCUT2D eigenvalue weighted by atomic mass is 16.5. The number of hydrogen-bond donors (Lipinski definition) is 2. The third-order valence-corrected chi connectivity index (χ3v) is 6.55. The van der Waals surface area contributed by atoms with Gasteiger partial charge in [-0.15, -0.1) is 0 Å². The van der Waals surface area contributed by atoms with Crippen LogP contribution in [0.3, 0.4) is 0 Å². The number of hydrogen-bond acceptors (Lipinski definition) is 5. The van der Waals surface area contributed by atoms with E-state index in [2.05, 4.69) is 6.07 Å². The first-order valence-electron chi connectivity index (χ1n) is 10.8. The van der Waals surface area contributed by atoms with Crippen LogP contribution >= 0.6 is 0 Å². The van der Waals surface area contributed by atoms with E-state index in [1.807, 2.05) is 26.0 Å². The zero-order valence-electron chi connectivity index (χ0n) is 17.3. The second-order valence-corrected chi connectivity index (χ2v) is 8.33. The molecule has 2 aliphatic rings. The van der Waals surface area contributed by atoms with Crippen LogP contribution in [0.1, 0.15) is 57.1 Å². The third-order valence-electron chi connectivity index (χ3n) is 6.55. The number of rotatable bonds is 9. The lowest BCUT2D eigenvalue weighted by Gasteiger charge is -2.32. The summed E-state index contributed by atoms with van der Waals surface area (Å²) in [5, 5.41) is 19.0. The number of benzene rings is 1. The Morgan fingerprint density at radius 3 is 2.72 bits per heavy atom. The maximum atomic E-state index is 12.0. The largest absolute Gasteiger partial charge is 0.482 e. The molecule has 1 aromatic rings. The van der Waals surface area contributed by atoms with Crippen LogP contribution < -0.4 is 4.74 Å². The molecule has 1 saturated carbocycles. The van der Waals surface area contributed by atoms with Gasteiger partial charge in [0.15, 0.2) is 6.61 Å². The van der Waals surface area contributed by atoms with E-state index in [9.17, 15) is 14.7 Å². The first-order chi connectivity index (χ1) is 13.9. The highest BCUT2D eigenvalue weighted by Crippen LogP contribution is 2.49. The molecule has 0 aliphatic heterocycles. The smallest absolute Gasteiger partial charge is 0.341 e. The molecule has 29 heavy (non-hydrogen) atoms. The highest BCUT2D eigenvalue weighted by Gasteiger charge is 2.47. The monoisotopic (exact) mass is 404 g/mol. The molecule has 0 radical (unpaired) electrons. The molecule has 6 heteroatoms. The Labute approximate surface area is 172 Å². The Balaban J connectivity index is 1.79. The number of aliphatic carboxylic acids is 1. The topological polar surface area (TPSA) is 93.1 Å². The Bertz CT molecular complexity index is 730. The lowest BCUT2D eigenvalue weighted by molar-refractivity contribution is -0.151. The molecular weight excluding hydrogens is 372 g/mol. The van der Waals surface area contributed by atoms with Crippen LogP contribution in [0.15, 0.2) is 18.2 Å². The number of carbonyl (C=O) groups excluding carboxylic acids is 1. The van der Waals surface area contributed by atoms with Crippen molar-refractivity contribution in [3.05, 3.63) is 29.3 Å². The lowest BCUT2D eigenvalue weighted by atomic mass is 9.73. The lowest BCUT2D eigenvalue weighted by Crippen LogP contribution is -2.29. The predicted octanol–water partition coefficient (Wildman–Crippen LogP) is 3.37. The fourth-order valence-electron chi connectivity index (χ4n) is 5.03. The minimum atomic E-state index is -0.988. The van der Waals surface area contributed by atoms with Gasteiger partial charge in [-0.1, -0.05) is 26.0 Å². The van der Waals surface area contributed by atoms with Gasteiger partial charge < -0.3 is 19.7 Å². The molecule has 0 unspecified atom stereocenters. The molecular formula is C23H32O6. The average molecular weight is 405 g/mol. The number of aliphatic hydroxyl groups is 1. The van der Waals surface area contributed by atoms with Gasteiger partial charge in [0.1, 0.15) is 11.9 Å². The van der Waals surface area contributed by atoms with E-state index in [0.717, 1.165) is 44.1 Å². The molecule has 0 saturated heterocycles. The maximum absolute atomic E-state index is 12.0. The van der Waals surface area contributed by atoms with Gasteiger partial charge in [-0.05, 0) is 73.5 Å². The van der Waals surface area contributed by atoms with Crippen LogP contribution in [-0.4, -0.2) is 41.0 Å². The summed E-state index contributed by atoms with van der Waals surface area (Å²) in [4.78, 5) is 22.9. The van der Waals surface area contributed by atoms with Gasteiger partial charge in [0, 0.05) is 6.42 Å².